The normalized spacial score (nSPS) is 13.4. The van der Waals surface area contributed by atoms with E-state index >= 15 is 0 Å². The molecule has 0 bridgehead atoms. The van der Waals surface area contributed by atoms with Crippen LogP contribution in [0.25, 0.3) is 0 Å². The monoisotopic (exact) mass is 637 g/mol. The summed E-state index contributed by atoms with van der Waals surface area (Å²) in [4.78, 5) is 62.8. The lowest BCUT2D eigenvalue weighted by Gasteiger charge is -2.25. The van der Waals surface area contributed by atoms with Crippen molar-refractivity contribution in [2.24, 2.45) is 22.2 Å². The molecular formula is C30H39N9O7. The molecule has 3 amide bonds. The molecular weight excluding hydrogens is 598 g/mol. The minimum absolute atomic E-state index is 0.000532. The molecule has 16 nitrogen and oxygen atoms in total. The number of benzene rings is 2. The number of carboxylic acids is 1. The van der Waals surface area contributed by atoms with E-state index in [1.165, 1.54) is 48.9 Å². The van der Waals surface area contributed by atoms with Crippen molar-refractivity contribution in [1.82, 2.24) is 25.9 Å². The van der Waals surface area contributed by atoms with E-state index in [1.54, 1.807) is 12.1 Å². The van der Waals surface area contributed by atoms with Crippen molar-refractivity contribution in [2.45, 2.75) is 56.3 Å². The van der Waals surface area contributed by atoms with Crippen molar-refractivity contribution in [3.05, 3.63) is 77.9 Å². The lowest BCUT2D eigenvalue weighted by Crippen LogP contribution is -2.58. The number of phenols is 2. The summed E-state index contributed by atoms with van der Waals surface area (Å²) < 4.78 is 0. The molecule has 3 aromatic rings. The Hall–Kier alpha value is -5.64. The predicted molar refractivity (Wildman–Crippen MR) is 167 cm³/mol. The summed E-state index contributed by atoms with van der Waals surface area (Å²) in [6.45, 7) is 0.133. The lowest BCUT2D eigenvalue weighted by molar-refractivity contribution is -0.142. The Morgan fingerprint density at radius 3 is 1.83 bits per heavy atom. The number of hydrogen-bond donors (Lipinski definition) is 10. The van der Waals surface area contributed by atoms with Crippen LogP contribution in [0, 0.1) is 0 Å². The van der Waals surface area contributed by atoms with Gasteiger partial charge in [-0.1, -0.05) is 24.3 Å². The van der Waals surface area contributed by atoms with Gasteiger partial charge in [0, 0.05) is 37.7 Å². The number of aliphatic imine (C=N–C) groups is 1. The van der Waals surface area contributed by atoms with E-state index in [2.05, 4.69) is 30.9 Å². The second-order valence-electron chi connectivity index (χ2n) is 10.6. The first-order valence-electron chi connectivity index (χ1n) is 14.4. The first kappa shape index (κ1) is 34.8. The van der Waals surface area contributed by atoms with Gasteiger partial charge in [0.2, 0.25) is 17.7 Å². The largest absolute Gasteiger partial charge is 0.508 e. The van der Waals surface area contributed by atoms with Crippen LogP contribution in [0.2, 0.25) is 0 Å². The summed E-state index contributed by atoms with van der Waals surface area (Å²) in [6.07, 6.45) is 3.24. The third-order valence-corrected chi connectivity index (χ3v) is 6.91. The fourth-order valence-corrected chi connectivity index (χ4v) is 4.47. The van der Waals surface area contributed by atoms with Crippen LogP contribution in [0.5, 0.6) is 11.5 Å². The number of H-pyrrole nitrogens is 1. The number of guanidine groups is 1. The molecule has 16 heteroatoms. The van der Waals surface area contributed by atoms with Gasteiger partial charge in [-0.25, -0.2) is 9.78 Å². The summed E-state index contributed by atoms with van der Waals surface area (Å²) in [6, 6.07) is 7.02. The predicted octanol–water partition coefficient (Wildman–Crippen LogP) is -1.23. The summed E-state index contributed by atoms with van der Waals surface area (Å²) in [5.74, 6) is -3.61. The number of hydrogen-bond acceptors (Lipinski definition) is 9. The van der Waals surface area contributed by atoms with Gasteiger partial charge in [-0.3, -0.25) is 19.4 Å². The molecule has 2 aromatic carbocycles. The number of aromatic amines is 1. The van der Waals surface area contributed by atoms with Crippen molar-refractivity contribution < 1.29 is 34.5 Å². The highest BCUT2D eigenvalue weighted by Crippen LogP contribution is 2.14. The maximum Gasteiger partial charge on any atom is 0.326 e. The first-order valence-corrected chi connectivity index (χ1v) is 14.4. The van der Waals surface area contributed by atoms with Crippen molar-refractivity contribution >= 4 is 29.7 Å². The van der Waals surface area contributed by atoms with Crippen LogP contribution in [0.15, 0.2) is 66.0 Å². The number of carbonyl (C=O) groups excluding carboxylic acids is 3. The molecule has 4 unspecified atom stereocenters. The molecule has 0 saturated heterocycles. The first-order chi connectivity index (χ1) is 21.9. The highest BCUT2D eigenvalue weighted by Gasteiger charge is 2.30. The number of aromatic nitrogens is 2. The maximum atomic E-state index is 13.7. The molecule has 13 N–H and O–H groups in total. The van der Waals surface area contributed by atoms with Crippen molar-refractivity contribution in [3.63, 3.8) is 0 Å². The van der Waals surface area contributed by atoms with Crippen molar-refractivity contribution in [2.75, 3.05) is 6.54 Å². The van der Waals surface area contributed by atoms with Crippen LogP contribution >= 0.6 is 0 Å². The van der Waals surface area contributed by atoms with Gasteiger partial charge in [-0.05, 0) is 48.2 Å². The number of nitrogens with one attached hydrogen (secondary N) is 4. The number of amides is 3. The van der Waals surface area contributed by atoms with E-state index in [-0.39, 0.29) is 56.1 Å². The number of aliphatic carboxylic acids is 1. The van der Waals surface area contributed by atoms with E-state index in [9.17, 15) is 34.5 Å². The number of carbonyl (C=O) groups is 4. The minimum Gasteiger partial charge on any atom is -0.508 e. The number of aromatic hydroxyl groups is 2. The van der Waals surface area contributed by atoms with E-state index in [4.69, 9.17) is 17.2 Å². The van der Waals surface area contributed by atoms with Gasteiger partial charge in [-0.2, -0.15) is 0 Å². The molecule has 0 saturated carbocycles. The summed E-state index contributed by atoms with van der Waals surface area (Å²) in [7, 11) is 0. The third-order valence-electron chi connectivity index (χ3n) is 6.91. The topological polar surface area (TPSA) is 284 Å². The second kappa shape index (κ2) is 17.0. The zero-order valence-corrected chi connectivity index (χ0v) is 24.9. The minimum atomic E-state index is -1.36. The van der Waals surface area contributed by atoms with Gasteiger partial charge in [0.25, 0.3) is 0 Å². The van der Waals surface area contributed by atoms with Crippen LogP contribution in [0.1, 0.15) is 29.7 Å². The zero-order valence-electron chi connectivity index (χ0n) is 24.9. The standard InChI is InChI=1S/C30H39N9O7/c31-22(14-19-15-34-16-36-19)26(42)38-24(12-17-3-7-20(40)8-4-17)28(44)37-23(2-1-11-35-30(32)33)27(43)39-25(29(45)46)13-18-5-9-21(41)10-6-18/h3-10,15-16,22-25,40-41H,1-2,11-14,31H2,(H,34,36)(H,37,44)(H,38,42)(H,39,43)(H,45,46)(H4,32,33,35). The van der Waals surface area contributed by atoms with Crippen LogP contribution in [-0.2, 0) is 38.4 Å². The van der Waals surface area contributed by atoms with Gasteiger partial charge in [0.1, 0.15) is 29.6 Å². The van der Waals surface area contributed by atoms with Crippen LogP contribution in [-0.4, -0.2) is 85.7 Å². The second-order valence-corrected chi connectivity index (χ2v) is 10.6. The Labute approximate surface area is 264 Å². The molecule has 1 heterocycles. The fraction of sp³-hybridized carbons (Fsp3) is 0.333. The molecule has 46 heavy (non-hydrogen) atoms. The maximum absolute atomic E-state index is 13.7. The van der Waals surface area contributed by atoms with Crippen molar-refractivity contribution in [1.29, 1.82) is 0 Å². The molecule has 1 aromatic heterocycles. The number of rotatable bonds is 17. The summed E-state index contributed by atoms with van der Waals surface area (Å²) in [5.41, 5.74) is 18.6. The summed E-state index contributed by atoms with van der Waals surface area (Å²) in [5, 5.41) is 36.8. The van der Waals surface area contributed by atoms with Gasteiger partial charge in [0.05, 0.1) is 12.4 Å². The molecule has 0 aliphatic carbocycles. The van der Waals surface area contributed by atoms with Crippen molar-refractivity contribution in [3.8, 4) is 11.5 Å². The van der Waals surface area contributed by atoms with Gasteiger partial charge in [-0.15, -0.1) is 0 Å². The number of carboxylic acid groups (broad SMARTS) is 1. The number of imidazole rings is 1. The smallest absolute Gasteiger partial charge is 0.326 e. The van der Waals surface area contributed by atoms with E-state index in [0.29, 0.717) is 16.8 Å². The zero-order chi connectivity index (χ0) is 33.6. The average molecular weight is 638 g/mol. The Bertz CT molecular complexity index is 1480. The molecule has 246 valence electrons. The quantitative estimate of drug-likeness (QED) is 0.0475. The molecule has 4 atom stereocenters. The fourth-order valence-electron chi connectivity index (χ4n) is 4.47. The molecule has 3 rings (SSSR count). The van der Waals surface area contributed by atoms with Gasteiger partial charge in [0.15, 0.2) is 5.96 Å². The molecule has 0 aliphatic rings. The number of phenolic OH excluding ortho intramolecular Hbond substituents is 2. The average Bonchev–Trinajstić information content (AvgIpc) is 3.52. The van der Waals surface area contributed by atoms with E-state index in [0.717, 1.165) is 0 Å². The van der Waals surface area contributed by atoms with Crippen LogP contribution in [0.4, 0.5) is 0 Å². The van der Waals surface area contributed by atoms with Crippen LogP contribution < -0.4 is 33.2 Å². The third kappa shape index (κ3) is 11.5. The Kier molecular flexibility index (Phi) is 12.9. The summed E-state index contributed by atoms with van der Waals surface area (Å²) >= 11 is 0. The lowest BCUT2D eigenvalue weighted by atomic mass is 10.0. The highest BCUT2D eigenvalue weighted by atomic mass is 16.4. The van der Waals surface area contributed by atoms with E-state index < -0.39 is 47.9 Å². The number of nitrogens with two attached hydrogens (primary N) is 3. The molecule has 0 aliphatic heterocycles. The Balaban J connectivity index is 1.80. The molecule has 0 fully saturated rings. The van der Waals surface area contributed by atoms with Gasteiger partial charge < -0.3 is 53.5 Å². The molecule has 0 radical (unpaired) electrons. The van der Waals surface area contributed by atoms with E-state index in [1.807, 2.05) is 0 Å². The molecule has 0 spiro atoms. The van der Waals surface area contributed by atoms with Gasteiger partial charge >= 0.3 is 5.97 Å². The highest BCUT2D eigenvalue weighted by molar-refractivity contribution is 5.94. The SMILES string of the molecule is NC(N)=NCCCC(NC(=O)C(Cc1ccc(O)cc1)NC(=O)C(N)Cc1cnc[nH]1)C(=O)NC(Cc1ccc(O)cc1)C(=O)O. The Morgan fingerprint density at radius 1 is 0.783 bits per heavy atom. The number of nitrogens with zero attached hydrogens (tertiary/aromatic N) is 2. The van der Waals surface area contributed by atoms with Crippen LogP contribution in [0.3, 0.4) is 0 Å². The Morgan fingerprint density at radius 2 is 1.30 bits per heavy atom.